The number of hydrogen-bond donors (Lipinski definition) is 3. The molecule has 0 saturated heterocycles. The van der Waals surface area contributed by atoms with Gasteiger partial charge in [0.2, 0.25) is 0 Å². The van der Waals surface area contributed by atoms with E-state index >= 15 is 0 Å². The summed E-state index contributed by atoms with van der Waals surface area (Å²) < 4.78 is 0. The molecule has 4 N–H and O–H groups in total. The predicted molar refractivity (Wildman–Crippen MR) is 45.7 cm³/mol. The number of benzene rings is 1. The fraction of sp³-hybridized carbons (Fsp3) is 0.143. The normalized spacial score (nSPS) is 11.5. The van der Waals surface area contributed by atoms with E-state index in [0.29, 0.717) is 0 Å². The minimum absolute atomic E-state index is 0.161. The predicted octanol–water partition coefficient (Wildman–Crippen LogP) is 0.893. The first-order valence-corrected chi connectivity index (χ1v) is 5.19. The fourth-order valence-corrected chi connectivity index (χ4v) is 1.60. The van der Waals surface area contributed by atoms with Crippen molar-refractivity contribution in [3.8, 4) is 0 Å². The summed E-state index contributed by atoms with van der Waals surface area (Å²) in [6, 6.07) is 9.17. The molecule has 0 saturated carbocycles. The summed E-state index contributed by atoms with van der Waals surface area (Å²) in [5.74, 6) is 0. The minimum Gasteiger partial charge on any atom is -0.202 e. The molecule has 0 aliphatic heterocycles. The Balaban J connectivity index is 2.66. The van der Waals surface area contributed by atoms with Gasteiger partial charge in [-0.3, -0.25) is 0 Å². The van der Waals surface area contributed by atoms with Gasteiger partial charge in [-0.1, -0.05) is 30.3 Å². The molecular weight excluding hydrogens is 161 g/mol. The van der Waals surface area contributed by atoms with Crippen LogP contribution in [0.1, 0.15) is 5.56 Å². The standard InChI is InChI=1S/C7H11NO2P/c8-11(9,10)6-7-4-2-1-3-5-7/h1-5,9-10H,6,8H2/q+1. The number of hydrogen-bond acceptors (Lipinski definition) is 3. The second kappa shape index (κ2) is 3.28. The second-order valence-electron chi connectivity index (χ2n) is 2.43. The fourth-order valence-electron chi connectivity index (χ4n) is 0.852. The topological polar surface area (TPSA) is 66.5 Å². The molecule has 0 heterocycles. The van der Waals surface area contributed by atoms with Gasteiger partial charge in [0.05, 0.1) is 0 Å². The average molecular weight is 172 g/mol. The van der Waals surface area contributed by atoms with Crippen LogP contribution < -0.4 is 5.50 Å². The summed E-state index contributed by atoms with van der Waals surface area (Å²) in [5, 5.41) is 0. The number of rotatable bonds is 2. The lowest BCUT2D eigenvalue weighted by molar-refractivity contribution is 0.449. The lowest BCUT2D eigenvalue weighted by Gasteiger charge is -2.04. The van der Waals surface area contributed by atoms with E-state index in [9.17, 15) is 0 Å². The Hall–Kier alpha value is -0.470. The molecule has 0 unspecified atom stereocenters. The maximum Gasteiger partial charge on any atom is 0.341 e. The van der Waals surface area contributed by atoms with E-state index in [1.165, 1.54) is 0 Å². The summed E-state index contributed by atoms with van der Waals surface area (Å²) in [6.45, 7) is 0. The maximum atomic E-state index is 8.92. The highest BCUT2D eigenvalue weighted by atomic mass is 31.2. The van der Waals surface area contributed by atoms with Gasteiger partial charge in [-0.15, -0.1) is 0 Å². The highest BCUT2D eigenvalue weighted by Gasteiger charge is 2.26. The summed E-state index contributed by atoms with van der Waals surface area (Å²) in [7, 11) is -3.14. The molecule has 1 aromatic carbocycles. The molecule has 0 aliphatic carbocycles. The Kier molecular flexibility index (Phi) is 2.58. The minimum atomic E-state index is -3.14. The van der Waals surface area contributed by atoms with Gasteiger partial charge < -0.3 is 0 Å². The largest absolute Gasteiger partial charge is 0.341 e. The van der Waals surface area contributed by atoms with Crippen molar-refractivity contribution in [2.75, 3.05) is 0 Å². The smallest absolute Gasteiger partial charge is 0.202 e. The van der Waals surface area contributed by atoms with E-state index in [2.05, 4.69) is 0 Å². The second-order valence-corrected chi connectivity index (χ2v) is 4.32. The van der Waals surface area contributed by atoms with Crippen LogP contribution in [-0.2, 0) is 6.16 Å². The van der Waals surface area contributed by atoms with E-state index in [4.69, 9.17) is 15.3 Å². The van der Waals surface area contributed by atoms with Crippen molar-refractivity contribution >= 4 is 7.87 Å². The van der Waals surface area contributed by atoms with Gasteiger partial charge in [0.25, 0.3) is 0 Å². The lowest BCUT2D eigenvalue weighted by Crippen LogP contribution is -2.04. The van der Waals surface area contributed by atoms with Crippen molar-refractivity contribution in [3.05, 3.63) is 35.9 Å². The van der Waals surface area contributed by atoms with Crippen molar-refractivity contribution in [2.24, 2.45) is 5.50 Å². The molecule has 3 nitrogen and oxygen atoms in total. The van der Waals surface area contributed by atoms with E-state index in [1.807, 2.05) is 30.3 Å². The van der Waals surface area contributed by atoms with E-state index < -0.39 is 7.87 Å². The molecule has 0 radical (unpaired) electrons. The molecule has 11 heavy (non-hydrogen) atoms. The van der Waals surface area contributed by atoms with Crippen LogP contribution in [-0.4, -0.2) is 9.79 Å². The molecule has 0 aromatic heterocycles. The third-order valence-corrected chi connectivity index (χ3v) is 2.09. The van der Waals surface area contributed by atoms with Crippen LogP contribution in [0.3, 0.4) is 0 Å². The molecule has 0 fully saturated rings. The molecule has 0 bridgehead atoms. The average Bonchev–Trinajstić information content (AvgIpc) is 1.85. The van der Waals surface area contributed by atoms with Crippen molar-refractivity contribution in [2.45, 2.75) is 6.16 Å². The summed E-state index contributed by atoms with van der Waals surface area (Å²) >= 11 is 0. The third kappa shape index (κ3) is 3.44. The van der Waals surface area contributed by atoms with Gasteiger partial charge in [-0.2, -0.15) is 5.50 Å². The Morgan fingerprint density at radius 1 is 1.18 bits per heavy atom. The Bertz CT molecular complexity index is 220. The summed E-state index contributed by atoms with van der Waals surface area (Å²) in [6.07, 6.45) is 0.161. The van der Waals surface area contributed by atoms with Crippen LogP contribution in [0, 0.1) is 0 Å². The number of nitrogens with two attached hydrogens (primary N) is 1. The maximum absolute atomic E-state index is 8.92. The van der Waals surface area contributed by atoms with Gasteiger partial charge >= 0.3 is 7.87 Å². The highest BCUT2D eigenvalue weighted by molar-refractivity contribution is 7.61. The summed E-state index contributed by atoms with van der Waals surface area (Å²) in [4.78, 5) is 17.8. The SMILES string of the molecule is N[P+](O)(O)Cc1ccccc1. The van der Waals surface area contributed by atoms with Crippen molar-refractivity contribution in [1.29, 1.82) is 0 Å². The van der Waals surface area contributed by atoms with Gasteiger partial charge in [-0.25, -0.2) is 9.79 Å². The first-order valence-electron chi connectivity index (χ1n) is 3.24. The van der Waals surface area contributed by atoms with Crippen LogP contribution >= 0.6 is 7.87 Å². The summed E-state index contributed by atoms with van der Waals surface area (Å²) in [5.41, 5.74) is 5.94. The zero-order valence-electron chi connectivity index (χ0n) is 6.01. The van der Waals surface area contributed by atoms with Crippen LogP contribution in [0.4, 0.5) is 0 Å². The quantitative estimate of drug-likeness (QED) is 0.580. The van der Waals surface area contributed by atoms with Crippen LogP contribution in [0.5, 0.6) is 0 Å². The Labute approximate surface area is 66.0 Å². The monoisotopic (exact) mass is 172 g/mol. The first kappa shape index (κ1) is 8.62. The Morgan fingerprint density at radius 3 is 2.18 bits per heavy atom. The van der Waals surface area contributed by atoms with Gasteiger partial charge in [-0.05, 0) is 5.56 Å². The molecule has 0 atom stereocenters. The van der Waals surface area contributed by atoms with Crippen LogP contribution in [0.25, 0.3) is 0 Å². The molecule has 1 rings (SSSR count). The zero-order chi connectivity index (χ0) is 8.32. The third-order valence-electron chi connectivity index (χ3n) is 1.26. The van der Waals surface area contributed by atoms with E-state index in [0.717, 1.165) is 5.56 Å². The van der Waals surface area contributed by atoms with Crippen molar-refractivity contribution in [3.63, 3.8) is 0 Å². The first-order chi connectivity index (χ1) is 5.08. The van der Waals surface area contributed by atoms with Gasteiger partial charge in [0.1, 0.15) is 0 Å². The molecule has 4 heteroatoms. The molecular formula is C7H11NO2P+. The molecule has 0 spiro atoms. The highest BCUT2D eigenvalue weighted by Crippen LogP contribution is 2.43. The van der Waals surface area contributed by atoms with E-state index in [-0.39, 0.29) is 6.16 Å². The zero-order valence-corrected chi connectivity index (χ0v) is 6.91. The molecule has 0 aliphatic rings. The molecule has 0 amide bonds. The lowest BCUT2D eigenvalue weighted by atomic mass is 10.2. The van der Waals surface area contributed by atoms with Crippen molar-refractivity contribution in [1.82, 2.24) is 0 Å². The van der Waals surface area contributed by atoms with Gasteiger partial charge in [0, 0.05) is 0 Å². The van der Waals surface area contributed by atoms with Crippen LogP contribution in [0.2, 0.25) is 0 Å². The van der Waals surface area contributed by atoms with E-state index in [1.54, 1.807) is 0 Å². The molecule has 60 valence electrons. The molecule has 1 aromatic rings. The van der Waals surface area contributed by atoms with Gasteiger partial charge in [0.15, 0.2) is 6.16 Å². The van der Waals surface area contributed by atoms with Crippen LogP contribution in [0.15, 0.2) is 30.3 Å². The van der Waals surface area contributed by atoms with Crippen molar-refractivity contribution < 1.29 is 9.79 Å². The Morgan fingerprint density at radius 2 is 1.73 bits per heavy atom.